The van der Waals surface area contributed by atoms with Crippen molar-refractivity contribution in [3.63, 3.8) is 0 Å². The summed E-state index contributed by atoms with van der Waals surface area (Å²) in [5, 5.41) is 11.4. The summed E-state index contributed by atoms with van der Waals surface area (Å²) in [6.07, 6.45) is 1.73. The molecule has 4 heterocycles. The first-order valence-corrected chi connectivity index (χ1v) is 13.4. The Morgan fingerprint density at radius 2 is 1.77 bits per heavy atom. The molecule has 3 aromatic rings. The third kappa shape index (κ3) is 5.05. The number of nitrogens with zero attached hydrogens (tertiary/aromatic N) is 6. The van der Waals surface area contributed by atoms with Crippen molar-refractivity contribution in [3.05, 3.63) is 70.9 Å². The molecule has 2 fully saturated rings. The summed E-state index contributed by atoms with van der Waals surface area (Å²) in [6.45, 7) is 4.02. The van der Waals surface area contributed by atoms with Crippen LogP contribution in [0.5, 0.6) is 0 Å². The van der Waals surface area contributed by atoms with Crippen LogP contribution in [0.3, 0.4) is 0 Å². The van der Waals surface area contributed by atoms with Gasteiger partial charge in [-0.15, -0.1) is 10.2 Å². The van der Waals surface area contributed by atoms with Crippen molar-refractivity contribution in [2.24, 2.45) is 5.73 Å². The van der Waals surface area contributed by atoms with Crippen LogP contribution in [0.1, 0.15) is 49.6 Å². The maximum atomic E-state index is 13.0. The van der Waals surface area contributed by atoms with E-state index in [9.17, 15) is 14.4 Å². The zero-order valence-corrected chi connectivity index (χ0v) is 22.0. The van der Waals surface area contributed by atoms with Crippen LogP contribution < -0.4 is 16.0 Å². The highest BCUT2D eigenvalue weighted by Gasteiger charge is 2.35. The Bertz CT molecular complexity index is 1440. The molecule has 3 aliphatic rings. The van der Waals surface area contributed by atoms with E-state index in [1.807, 2.05) is 34.1 Å². The zero-order chi connectivity index (χ0) is 27.6. The minimum absolute atomic E-state index is 0.000948. The Morgan fingerprint density at radius 3 is 2.52 bits per heavy atom. The van der Waals surface area contributed by atoms with Crippen LogP contribution in [0, 0.1) is 0 Å². The van der Waals surface area contributed by atoms with Crippen molar-refractivity contribution in [1.82, 2.24) is 25.0 Å². The second-order valence-electron chi connectivity index (χ2n) is 10.1. The number of ether oxygens (including phenoxy) is 1. The number of rotatable bonds is 6. The van der Waals surface area contributed by atoms with Gasteiger partial charge in [-0.25, -0.2) is 0 Å². The summed E-state index contributed by atoms with van der Waals surface area (Å²) in [5.41, 5.74) is 8.45. The molecular weight excluding hydrogens is 512 g/mol. The van der Waals surface area contributed by atoms with Crippen molar-refractivity contribution < 1.29 is 19.1 Å². The smallest absolute Gasteiger partial charge is 0.273 e. The van der Waals surface area contributed by atoms with E-state index in [4.69, 9.17) is 10.5 Å². The fraction of sp³-hybridized carbons (Fsp3) is 0.357. The van der Waals surface area contributed by atoms with Gasteiger partial charge in [0.2, 0.25) is 5.95 Å². The highest BCUT2D eigenvalue weighted by atomic mass is 16.5. The van der Waals surface area contributed by atoms with Gasteiger partial charge in [-0.05, 0) is 48.7 Å². The lowest BCUT2D eigenvalue weighted by Crippen LogP contribution is -2.48. The molecule has 12 nitrogen and oxygen atoms in total. The molecule has 0 saturated carbocycles. The first-order chi connectivity index (χ1) is 19.5. The van der Waals surface area contributed by atoms with Crippen molar-refractivity contribution in [2.45, 2.75) is 25.4 Å². The summed E-state index contributed by atoms with van der Waals surface area (Å²) in [6, 6.07) is 14.6. The predicted octanol–water partition coefficient (Wildman–Crippen LogP) is 1.81. The monoisotopic (exact) mass is 542 g/mol. The maximum Gasteiger partial charge on any atom is 0.273 e. The van der Waals surface area contributed by atoms with Gasteiger partial charge >= 0.3 is 0 Å². The second-order valence-corrected chi connectivity index (χ2v) is 10.1. The minimum Gasteiger partial charge on any atom is -0.378 e. The van der Waals surface area contributed by atoms with E-state index in [0.717, 1.165) is 24.0 Å². The van der Waals surface area contributed by atoms with E-state index in [2.05, 4.69) is 20.5 Å². The molecular formula is C28H30N8O4. The lowest BCUT2D eigenvalue weighted by molar-refractivity contribution is 0.0303. The van der Waals surface area contributed by atoms with Crippen LogP contribution >= 0.6 is 0 Å². The Hall–Kier alpha value is -4.58. The van der Waals surface area contributed by atoms with Gasteiger partial charge in [0, 0.05) is 49.5 Å². The molecule has 206 valence electrons. The SMILES string of the molecule is NC(=O)c1nnc(N2CCCC(N3Cc4ccccc4C3=O)C2)nc1Nc1ccc(C(=O)N2CCOCC2)cc1. The van der Waals surface area contributed by atoms with Gasteiger partial charge in [-0.1, -0.05) is 18.2 Å². The van der Waals surface area contributed by atoms with Gasteiger partial charge in [-0.3, -0.25) is 14.4 Å². The van der Waals surface area contributed by atoms with Crippen LogP contribution in [0.2, 0.25) is 0 Å². The molecule has 1 aromatic heterocycles. The fourth-order valence-electron chi connectivity index (χ4n) is 5.45. The fourth-order valence-corrected chi connectivity index (χ4v) is 5.45. The average Bonchev–Trinajstić information content (AvgIpc) is 3.34. The molecule has 0 bridgehead atoms. The van der Waals surface area contributed by atoms with Gasteiger partial charge in [0.25, 0.3) is 17.7 Å². The van der Waals surface area contributed by atoms with Gasteiger partial charge in [-0.2, -0.15) is 4.98 Å². The number of aromatic nitrogens is 3. The summed E-state index contributed by atoms with van der Waals surface area (Å²) in [7, 11) is 0. The normalized spacial score (nSPS) is 18.9. The largest absolute Gasteiger partial charge is 0.378 e. The highest BCUT2D eigenvalue weighted by molar-refractivity contribution is 5.99. The van der Waals surface area contributed by atoms with Crippen molar-refractivity contribution in [1.29, 1.82) is 0 Å². The number of fused-ring (bicyclic) bond motifs is 1. The lowest BCUT2D eigenvalue weighted by atomic mass is 10.0. The molecule has 40 heavy (non-hydrogen) atoms. The van der Waals surface area contributed by atoms with Crippen LogP contribution in [-0.2, 0) is 11.3 Å². The number of amides is 3. The van der Waals surface area contributed by atoms with Crippen molar-refractivity contribution in [3.8, 4) is 0 Å². The number of nitrogens with one attached hydrogen (secondary N) is 1. The molecule has 6 rings (SSSR count). The van der Waals surface area contributed by atoms with Gasteiger partial charge < -0.3 is 30.5 Å². The summed E-state index contributed by atoms with van der Waals surface area (Å²) in [4.78, 5) is 48.2. The zero-order valence-electron chi connectivity index (χ0n) is 22.0. The van der Waals surface area contributed by atoms with E-state index in [1.165, 1.54) is 0 Å². The molecule has 0 radical (unpaired) electrons. The molecule has 3 amide bonds. The number of anilines is 3. The van der Waals surface area contributed by atoms with Gasteiger partial charge in [0.15, 0.2) is 11.5 Å². The number of carbonyl (C=O) groups is 3. The summed E-state index contributed by atoms with van der Waals surface area (Å²) >= 11 is 0. The number of carbonyl (C=O) groups excluding carboxylic acids is 3. The van der Waals surface area contributed by atoms with E-state index in [1.54, 1.807) is 29.2 Å². The first-order valence-electron chi connectivity index (χ1n) is 13.4. The molecule has 2 aromatic carbocycles. The third-order valence-corrected chi connectivity index (χ3v) is 7.57. The average molecular weight is 543 g/mol. The van der Waals surface area contributed by atoms with Gasteiger partial charge in [0.1, 0.15) is 0 Å². The topological polar surface area (TPSA) is 147 Å². The van der Waals surface area contributed by atoms with Crippen LogP contribution in [0.4, 0.5) is 17.5 Å². The van der Waals surface area contributed by atoms with E-state index in [0.29, 0.717) is 63.1 Å². The predicted molar refractivity (Wildman–Crippen MR) is 146 cm³/mol. The molecule has 3 N–H and O–H groups in total. The number of hydrogen-bond donors (Lipinski definition) is 2. The number of primary amides is 1. The minimum atomic E-state index is -0.759. The molecule has 1 atom stereocenters. The maximum absolute atomic E-state index is 13.0. The standard InChI is InChI=1S/C28H30N8O4/c29-24(37)23-25(30-20-9-7-18(8-10-20)26(38)34-12-14-40-15-13-34)31-28(33-32-23)35-11-3-5-21(17-35)36-16-19-4-1-2-6-22(19)27(36)39/h1-2,4,6-10,21H,3,5,11-17H2,(H2,29,37)(H,30,31,33). The van der Waals surface area contributed by atoms with E-state index >= 15 is 0 Å². The van der Waals surface area contributed by atoms with Crippen molar-refractivity contribution in [2.75, 3.05) is 49.6 Å². The summed E-state index contributed by atoms with van der Waals surface area (Å²) in [5.74, 6) is -0.247. The van der Waals surface area contributed by atoms with Crippen molar-refractivity contribution >= 4 is 35.2 Å². The quantitative estimate of drug-likeness (QED) is 0.476. The highest BCUT2D eigenvalue weighted by Crippen LogP contribution is 2.29. The molecule has 1 unspecified atom stereocenters. The summed E-state index contributed by atoms with van der Waals surface area (Å²) < 4.78 is 5.32. The Kier molecular flexibility index (Phi) is 6.99. The Balaban J connectivity index is 1.18. The lowest BCUT2D eigenvalue weighted by Gasteiger charge is -2.37. The number of piperidine rings is 1. The second kappa shape index (κ2) is 10.9. The van der Waals surface area contributed by atoms with Crippen LogP contribution in [0.15, 0.2) is 48.5 Å². The number of hydrogen-bond acceptors (Lipinski definition) is 9. The molecule has 12 heteroatoms. The van der Waals surface area contributed by atoms with E-state index in [-0.39, 0.29) is 29.4 Å². The number of benzene rings is 2. The molecule has 2 saturated heterocycles. The first kappa shape index (κ1) is 25.7. The molecule has 0 aliphatic carbocycles. The number of nitrogens with two attached hydrogens (primary N) is 1. The molecule has 0 spiro atoms. The van der Waals surface area contributed by atoms with E-state index < -0.39 is 5.91 Å². The number of morpholine rings is 1. The Morgan fingerprint density at radius 1 is 1.00 bits per heavy atom. The molecule has 3 aliphatic heterocycles. The van der Waals surface area contributed by atoms with Crippen LogP contribution in [-0.4, -0.2) is 88.1 Å². The Labute approximate surface area is 231 Å². The van der Waals surface area contributed by atoms with Crippen LogP contribution in [0.25, 0.3) is 0 Å². The van der Waals surface area contributed by atoms with Gasteiger partial charge in [0.05, 0.1) is 19.3 Å². The third-order valence-electron chi connectivity index (χ3n) is 7.57.